The molecule has 2 aromatic heterocycles. The van der Waals surface area contributed by atoms with Crippen molar-refractivity contribution >= 4 is 56.0 Å². The molecule has 0 spiro atoms. The minimum absolute atomic E-state index is 0.100. The Balaban J connectivity index is 1.19. The number of benzene rings is 1. The summed E-state index contributed by atoms with van der Waals surface area (Å²) < 4.78 is 30.2. The highest BCUT2D eigenvalue weighted by Crippen LogP contribution is 2.42. The fraction of sp³-hybridized carbons (Fsp3) is 0.500. The van der Waals surface area contributed by atoms with Gasteiger partial charge in [-0.2, -0.15) is 5.26 Å². The predicted molar refractivity (Wildman–Crippen MR) is 166 cm³/mol. The summed E-state index contributed by atoms with van der Waals surface area (Å²) >= 11 is 9.11. The Morgan fingerprint density at radius 1 is 0.976 bits per heavy atom. The Hall–Kier alpha value is -2.78. The normalized spacial score (nSPS) is 19.2. The van der Waals surface area contributed by atoms with Crippen molar-refractivity contribution in [2.24, 2.45) is 5.92 Å². The van der Waals surface area contributed by atoms with E-state index in [2.05, 4.69) is 21.2 Å². The first-order chi connectivity index (χ1) is 20.4. The SMILES string of the molecule is N#CC1CCN(c2c(F)cc(C(=O)Nc3nc(-c4cc(Cl)cs4)c(N4CCN(C5CCCCC5)CC4)s3)cc2F)CC1. The molecule has 6 rings (SSSR count). The average Bonchev–Trinajstić information content (AvgIpc) is 3.63. The van der Waals surface area contributed by atoms with Crippen LogP contribution in [0.1, 0.15) is 55.3 Å². The van der Waals surface area contributed by atoms with Crippen LogP contribution in [0.25, 0.3) is 10.6 Å². The first-order valence-corrected chi connectivity index (χ1v) is 16.7. The van der Waals surface area contributed by atoms with Crippen LogP contribution in [0.5, 0.6) is 0 Å². The van der Waals surface area contributed by atoms with Crippen molar-refractivity contribution in [1.82, 2.24) is 9.88 Å². The molecule has 12 heteroatoms. The molecule has 42 heavy (non-hydrogen) atoms. The fourth-order valence-corrected chi connectivity index (χ4v) is 8.47. The number of rotatable bonds is 6. The van der Waals surface area contributed by atoms with Gasteiger partial charge in [0.15, 0.2) is 5.13 Å². The Kier molecular flexibility index (Phi) is 8.96. The van der Waals surface area contributed by atoms with Crippen LogP contribution in [0.4, 0.5) is 24.6 Å². The molecule has 1 N–H and O–H groups in total. The maximum absolute atomic E-state index is 15.1. The molecule has 0 bridgehead atoms. The number of piperazine rings is 1. The molecule has 1 saturated carbocycles. The van der Waals surface area contributed by atoms with Crippen LogP contribution < -0.4 is 15.1 Å². The van der Waals surface area contributed by atoms with Gasteiger partial charge in [-0.1, -0.05) is 42.2 Å². The maximum atomic E-state index is 15.1. The van der Waals surface area contributed by atoms with Crippen LogP contribution in [-0.4, -0.2) is 61.1 Å². The number of nitrogens with zero attached hydrogens (tertiary/aromatic N) is 5. The Morgan fingerprint density at radius 3 is 2.29 bits per heavy atom. The van der Waals surface area contributed by atoms with E-state index in [1.165, 1.54) is 54.8 Å². The summed E-state index contributed by atoms with van der Waals surface area (Å²) in [5, 5.41) is 15.7. The van der Waals surface area contributed by atoms with Crippen LogP contribution in [0.2, 0.25) is 5.02 Å². The fourth-order valence-electron chi connectivity index (χ4n) is 6.31. The summed E-state index contributed by atoms with van der Waals surface area (Å²) in [6.45, 7) is 4.47. The number of nitriles is 1. The molecule has 3 aromatic rings. The number of aromatic nitrogens is 1. The number of hydrogen-bond donors (Lipinski definition) is 1. The van der Waals surface area contributed by atoms with E-state index in [4.69, 9.17) is 21.8 Å². The summed E-state index contributed by atoms with van der Waals surface area (Å²) in [7, 11) is 0. The highest BCUT2D eigenvalue weighted by Gasteiger charge is 2.29. The van der Waals surface area contributed by atoms with Gasteiger partial charge >= 0.3 is 0 Å². The number of nitrogens with one attached hydrogen (secondary N) is 1. The highest BCUT2D eigenvalue weighted by atomic mass is 35.5. The molecule has 3 aliphatic rings. The number of thiophene rings is 1. The minimum atomic E-state index is -0.792. The van der Waals surface area contributed by atoms with E-state index in [0.29, 0.717) is 42.1 Å². The van der Waals surface area contributed by atoms with Crippen molar-refractivity contribution in [3.05, 3.63) is 45.8 Å². The summed E-state index contributed by atoms with van der Waals surface area (Å²) in [5.41, 5.74) is 0.495. The number of halogens is 3. The first-order valence-electron chi connectivity index (χ1n) is 14.6. The van der Waals surface area contributed by atoms with Crippen LogP contribution >= 0.6 is 34.3 Å². The van der Waals surface area contributed by atoms with Crippen LogP contribution in [0.3, 0.4) is 0 Å². The van der Waals surface area contributed by atoms with Crippen LogP contribution in [0.15, 0.2) is 23.6 Å². The molecule has 2 aliphatic heterocycles. The number of anilines is 3. The lowest BCUT2D eigenvalue weighted by Crippen LogP contribution is -2.50. The molecule has 1 amide bonds. The molecule has 0 radical (unpaired) electrons. The van der Waals surface area contributed by atoms with Gasteiger partial charge in [-0.05, 0) is 43.9 Å². The number of carbonyl (C=O) groups excluding carboxylic acids is 1. The monoisotopic (exact) mass is 630 g/mol. The van der Waals surface area contributed by atoms with Crippen LogP contribution in [-0.2, 0) is 0 Å². The second kappa shape index (κ2) is 12.8. The molecule has 0 atom stereocenters. The molecule has 1 aliphatic carbocycles. The Morgan fingerprint density at radius 2 is 1.67 bits per heavy atom. The van der Waals surface area contributed by atoms with Gasteiger partial charge in [-0.25, -0.2) is 13.8 Å². The van der Waals surface area contributed by atoms with Crippen molar-refractivity contribution in [1.29, 1.82) is 5.26 Å². The number of amides is 1. The maximum Gasteiger partial charge on any atom is 0.257 e. The van der Waals surface area contributed by atoms with E-state index in [1.807, 2.05) is 11.4 Å². The lowest BCUT2D eigenvalue weighted by molar-refractivity contribution is 0.102. The van der Waals surface area contributed by atoms with Gasteiger partial charge in [-0.3, -0.25) is 15.0 Å². The van der Waals surface area contributed by atoms with Crippen LogP contribution in [0, 0.1) is 28.9 Å². The molecular weight excluding hydrogens is 598 g/mol. The van der Waals surface area contributed by atoms with Gasteiger partial charge in [0.2, 0.25) is 0 Å². The van der Waals surface area contributed by atoms with Crippen molar-refractivity contribution in [2.45, 2.75) is 51.0 Å². The predicted octanol–water partition coefficient (Wildman–Crippen LogP) is 7.25. The number of piperidine rings is 1. The number of hydrogen-bond acceptors (Lipinski definition) is 8. The van der Waals surface area contributed by atoms with E-state index in [9.17, 15) is 4.79 Å². The van der Waals surface area contributed by atoms with Gasteiger partial charge in [-0.15, -0.1) is 11.3 Å². The van der Waals surface area contributed by atoms with E-state index < -0.39 is 17.5 Å². The molecular formula is C30H33ClF2N6OS2. The third-order valence-corrected chi connectivity index (χ3v) is 10.9. The van der Waals surface area contributed by atoms with Gasteiger partial charge < -0.3 is 9.80 Å². The zero-order valence-corrected chi connectivity index (χ0v) is 25.6. The smallest absolute Gasteiger partial charge is 0.257 e. The highest BCUT2D eigenvalue weighted by molar-refractivity contribution is 7.21. The quantitative estimate of drug-likeness (QED) is 0.309. The minimum Gasteiger partial charge on any atom is -0.367 e. The molecule has 7 nitrogen and oxygen atoms in total. The van der Waals surface area contributed by atoms with E-state index >= 15 is 8.78 Å². The average molecular weight is 631 g/mol. The van der Waals surface area contributed by atoms with Crippen molar-refractivity contribution in [3.8, 4) is 16.6 Å². The third-order valence-electron chi connectivity index (χ3n) is 8.60. The second-order valence-electron chi connectivity index (χ2n) is 11.2. The van der Waals surface area contributed by atoms with E-state index in [0.717, 1.165) is 53.9 Å². The summed E-state index contributed by atoms with van der Waals surface area (Å²) in [6.07, 6.45) is 7.61. The largest absolute Gasteiger partial charge is 0.367 e. The van der Waals surface area contributed by atoms with Crippen molar-refractivity contribution in [2.75, 3.05) is 54.4 Å². The molecule has 4 heterocycles. The molecule has 2 saturated heterocycles. The van der Waals surface area contributed by atoms with E-state index in [-0.39, 0.29) is 17.2 Å². The summed E-state index contributed by atoms with van der Waals surface area (Å²) in [6, 6.07) is 6.91. The topological polar surface area (TPSA) is 75.5 Å². The van der Waals surface area contributed by atoms with Gasteiger partial charge in [0.05, 0.1) is 16.0 Å². The lowest BCUT2D eigenvalue weighted by atomic mass is 9.94. The second-order valence-corrected chi connectivity index (χ2v) is 13.6. The zero-order chi connectivity index (χ0) is 29.2. The van der Waals surface area contributed by atoms with Gasteiger partial charge in [0, 0.05) is 62.2 Å². The Bertz CT molecular complexity index is 1440. The number of thiazole rings is 1. The standard InChI is InChI=1S/C30H33ClF2N6OS2/c31-21-16-25(41-18-21)26-29(39-12-10-37(11-13-39)22-4-2-1-3-5-22)42-30(35-26)36-28(40)20-14-23(32)27(24(33)15-20)38-8-6-19(17-34)7-9-38/h14-16,18-19,22H,1-13H2,(H,35,36,40). The van der Waals surface area contributed by atoms with Crippen molar-refractivity contribution < 1.29 is 13.6 Å². The summed E-state index contributed by atoms with van der Waals surface area (Å²) in [5.74, 6) is -2.31. The van der Waals surface area contributed by atoms with Crippen molar-refractivity contribution in [3.63, 3.8) is 0 Å². The van der Waals surface area contributed by atoms with Gasteiger partial charge in [0.1, 0.15) is 28.0 Å². The van der Waals surface area contributed by atoms with Gasteiger partial charge in [0.25, 0.3) is 5.91 Å². The molecule has 222 valence electrons. The molecule has 3 fully saturated rings. The summed E-state index contributed by atoms with van der Waals surface area (Å²) in [4.78, 5) is 25.4. The first kappa shape index (κ1) is 29.3. The zero-order valence-electron chi connectivity index (χ0n) is 23.3. The molecule has 0 unspecified atom stereocenters. The van der Waals surface area contributed by atoms with E-state index in [1.54, 1.807) is 4.90 Å². The number of carbonyl (C=O) groups is 1. The molecule has 1 aromatic carbocycles. The Labute approximate surface area is 257 Å². The lowest BCUT2D eigenvalue weighted by Gasteiger charge is -2.41. The third kappa shape index (κ3) is 6.27.